The fourth-order valence-electron chi connectivity index (χ4n) is 4.60. The van der Waals surface area contributed by atoms with Gasteiger partial charge in [0.15, 0.2) is 5.75 Å². The Balaban J connectivity index is 1.68. The molecule has 0 aliphatic heterocycles. The summed E-state index contributed by atoms with van der Waals surface area (Å²) in [5, 5.41) is 2.63. The molecule has 1 amide bonds. The summed E-state index contributed by atoms with van der Waals surface area (Å²) in [5.74, 6) is -3.99. The third kappa shape index (κ3) is 3.98. The van der Waals surface area contributed by atoms with E-state index in [-0.39, 0.29) is 17.0 Å². The largest absolute Gasteiger partial charge is 0.450 e. The number of rotatable bonds is 5. The molecular weight excluding hydrogens is 501 g/mol. The molecule has 0 spiro atoms. The maximum atomic E-state index is 13.9. The average molecular weight is 527 g/mol. The lowest BCUT2D eigenvalue weighted by Crippen LogP contribution is -2.39. The number of nitrogens with one attached hydrogen (secondary N) is 2. The number of ether oxygens (including phenoxy) is 1. The molecule has 1 fully saturated rings. The van der Waals surface area contributed by atoms with Crippen molar-refractivity contribution >= 4 is 16.8 Å². The number of amides is 1. The molecule has 3 heterocycles. The second-order valence-electron chi connectivity index (χ2n) is 10.0. The van der Waals surface area contributed by atoms with E-state index in [4.69, 9.17) is 4.74 Å². The Hall–Kier alpha value is -4.28. The number of hydrogen-bond acceptors (Lipinski definition) is 4. The van der Waals surface area contributed by atoms with Gasteiger partial charge in [0.05, 0.1) is 0 Å². The van der Waals surface area contributed by atoms with Crippen LogP contribution < -0.4 is 21.2 Å². The molecule has 198 valence electrons. The number of aromatic nitrogens is 3. The van der Waals surface area contributed by atoms with Gasteiger partial charge in [-0.2, -0.15) is 0 Å². The molecule has 38 heavy (non-hydrogen) atoms. The van der Waals surface area contributed by atoms with E-state index in [1.165, 1.54) is 53.7 Å². The van der Waals surface area contributed by atoms with Crippen molar-refractivity contribution in [3.05, 3.63) is 80.0 Å². The van der Waals surface area contributed by atoms with Gasteiger partial charge < -0.3 is 24.2 Å². The lowest BCUT2D eigenvalue weighted by molar-refractivity contribution is 0.0709. The first-order valence-electron chi connectivity index (χ1n) is 11.8. The van der Waals surface area contributed by atoms with E-state index in [0.29, 0.717) is 33.4 Å². The molecule has 1 aliphatic carbocycles. The summed E-state index contributed by atoms with van der Waals surface area (Å²) in [6.45, 7) is 4.56. The zero-order chi connectivity index (χ0) is 27.7. The van der Waals surface area contributed by atoms with Gasteiger partial charge in [-0.15, -0.1) is 0 Å². The molecular formula is C27H25F3N4O4. The smallest absolute Gasteiger partial charge is 0.293 e. The minimum atomic E-state index is -3.01. The first-order valence-corrected chi connectivity index (χ1v) is 11.8. The first kappa shape index (κ1) is 25.4. The number of hydrogen-bond donors (Lipinski definition) is 2. The van der Waals surface area contributed by atoms with Crippen molar-refractivity contribution < 1.29 is 22.7 Å². The van der Waals surface area contributed by atoms with Crippen molar-refractivity contribution in [1.82, 2.24) is 19.4 Å². The van der Waals surface area contributed by atoms with Crippen molar-refractivity contribution in [1.29, 1.82) is 0 Å². The Kier molecular flexibility index (Phi) is 5.59. The van der Waals surface area contributed by atoms with Crippen molar-refractivity contribution in [2.75, 3.05) is 0 Å². The van der Waals surface area contributed by atoms with Gasteiger partial charge in [0.1, 0.15) is 28.3 Å². The van der Waals surface area contributed by atoms with E-state index < -0.39 is 40.7 Å². The highest BCUT2D eigenvalue weighted by Gasteiger charge is 2.69. The Bertz CT molecular complexity index is 1750. The summed E-state index contributed by atoms with van der Waals surface area (Å²) in [5.41, 5.74) is -0.936. The Morgan fingerprint density at radius 2 is 1.66 bits per heavy atom. The topological polar surface area (TPSA) is 98.1 Å². The second kappa shape index (κ2) is 8.37. The van der Waals surface area contributed by atoms with E-state index in [9.17, 15) is 27.6 Å². The average Bonchev–Trinajstić information content (AvgIpc) is 3.14. The predicted molar refractivity (Wildman–Crippen MR) is 136 cm³/mol. The summed E-state index contributed by atoms with van der Waals surface area (Å²) >= 11 is 0. The number of carbonyl (C=O) groups is 1. The summed E-state index contributed by atoms with van der Waals surface area (Å²) in [7, 11) is 3.06. The Morgan fingerprint density at radius 1 is 1.03 bits per heavy atom. The van der Waals surface area contributed by atoms with Crippen molar-refractivity contribution in [2.24, 2.45) is 14.1 Å². The van der Waals surface area contributed by atoms with Crippen molar-refractivity contribution in [3.63, 3.8) is 0 Å². The highest BCUT2D eigenvalue weighted by atomic mass is 19.3. The van der Waals surface area contributed by atoms with Gasteiger partial charge in [-0.1, -0.05) is 0 Å². The molecule has 1 saturated carbocycles. The third-order valence-corrected chi connectivity index (χ3v) is 7.00. The second-order valence-corrected chi connectivity index (χ2v) is 10.0. The van der Waals surface area contributed by atoms with Gasteiger partial charge in [-0.25, -0.2) is 13.2 Å². The van der Waals surface area contributed by atoms with Crippen LogP contribution in [0, 0.1) is 19.7 Å². The predicted octanol–water partition coefficient (Wildman–Crippen LogP) is 4.31. The fourth-order valence-corrected chi connectivity index (χ4v) is 4.60. The van der Waals surface area contributed by atoms with E-state index in [1.807, 2.05) is 0 Å². The summed E-state index contributed by atoms with van der Waals surface area (Å²) in [6, 6.07) is 5.60. The molecule has 2 N–H and O–H groups in total. The van der Waals surface area contributed by atoms with Crippen LogP contribution in [-0.2, 0) is 14.1 Å². The number of alkyl halides is 2. The van der Waals surface area contributed by atoms with Crippen LogP contribution in [0.5, 0.6) is 11.5 Å². The third-order valence-electron chi connectivity index (χ3n) is 7.00. The molecule has 1 aromatic carbocycles. The number of aromatic amines is 1. The van der Waals surface area contributed by atoms with Crippen LogP contribution in [0.2, 0.25) is 0 Å². The number of benzene rings is 1. The van der Waals surface area contributed by atoms with Crippen molar-refractivity contribution in [3.8, 4) is 22.6 Å². The molecule has 4 aromatic rings. The van der Waals surface area contributed by atoms with Crippen LogP contribution in [0.25, 0.3) is 22.0 Å². The number of H-pyrrole nitrogens is 1. The number of carbonyl (C=O) groups excluding carboxylic acids is 1. The van der Waals surface area contributed by atoms with Crippen molar-refractivity contribution in [2.45, 2.75) is 38.7 Å². The number of pyridine rings is 2. The van der Waals surface area contributed by atoms with Gasteiger partial charge in [0, 0.05) is 49.4 Å². The first-order chi connectivity index (χ1) is 17.7. The van der Waals surface area contributed by atoms with Crippen LogP contribution in [0.15, 0.2) is 46.2 Å². The summed E-state index contributed by atoms with van der Waals surface area (Å²) in [6.07, 6.45) is 2.56. The summed E-state index contributed by atoms with van der Waals surface area (Å²) < 4.78 is 50.0. The normalized spacial score (nSPS) is 18.0. The quantitative estimate of drug-likeness (QED) is 0.405. The highest BCUT2D eigenvalue weighted by Crippen LogP contribution is 2.52. The van der Waals surface area contributed by atoms with Crippen LogP contribution in [0.4, 0.5) is 13.2 Å². The zero-order valence-electron chi connectivity index (χ0n) is 21.3. The summed E-state index contributed by atoms with van der Waals surface area (Å²) in [4.78, 5) is 41.7. The molecule has 0 saturated heterocycles. The Morgan fingerprint density at radius 3 is 2.26 bits per heavy atom. The molecule has 1 atom stereocenters. The maximum Gasteiger partial charge on any atom is 0.293 e. The van der Waals surface area contributed by atoms with Gasteiger partial charge in [-0.05, 0) is 56.2 Å². The van der Waals surface area contributed by atoms with Crippen LogP contribution in [0.1, 0.15) is 35.0 Å². The van der Waals surface area contributed by atoms with Gasteiger partial charge >= 0.3 is 0 Å². The maximum absolute atomic E-state index is 13.9. The lowest BCUT2D eigenvalue weighted by atomic mass is 10.0. The van der Waals surface area contributed by atoms with E-state index in [1.54, 1.807) is 27.0 Å². The minimum Gasteiger partial charge on any atom is -0.450 e. The van der Waals surface area contributed by atoms with Gasteiger partial charge in [-0.3, -0.25) is 14.4 Å². The molecule has 1 aliphatic rings. The minimum absolute atomic E-state index is 0.0589. The van der Waals surface area contributed by atoms with E-state index >= 15 is 0 Å². The molecule has 5 rings (SSSR count). The Labute approximate surface area is 214 Å². The standard InChI is InChI=1S/C27H25F3N4O4/c1-13-8-15(28)9-14(2)21(13)38-22-16(6-7-33(4)25(22)37)18-11-34(5)24(36)20-17(18)10-19(31-20)23(35)32-26(3)12-27(26,29)30/h6-11,31H,12H2,1-5H3,(H,32,35). The molecule has 1 unspecified atom stereocenters. The lowest BCUT2D eigenvalue weighted by Gasteiger charge is -2.16. The molecule has 0 bridgehead atoms. The van der Waals surface area contributed by atoms with Gasteiger partial charge in [0.25, 0.3) is 22.9 Å². The monoisotopic (exact) mass is 526 g/mol. The molecule has 3 aromatic heterocycles. The fraction of sp³-hybridized carbons (Fsp3) is 0.296. The number of nitrogens with zero attached hydrogens (tertiary/aromatic N) is 2. The molecule has 0 radical (unpaired) electrons. The number of fused-ring (bicyclic) bond motifs is 1. The van der Waals surface area contributed by atoms with E-state index in [0.717, 1.165) is 0 Å². The van der Waals surface area contributed by atoms with Gasteiger partial charge in [0.2, 0.25) is 0 Å². The number of aryl methyl sites for hydroxylation is 4. The number of halogens is 3. The SMILES string of the molecule is Cc1cc(F)cc(C)c1Oc1c(-c2cn(C)c(=O)c3[nH]c(C(=O)NC4(C)CC4(F)F)cc23)ccn(C)c1=O. The zero-order valence-corrected chi connectivity index (χ0v) is 21.3. The van der Waals surface area contributed by atoms with Crippen LogP contribution >= 0.6 is 0 Å². The highest BCUT2D eigenvalue weighted by molar-refractivity contribution is 6.03. The van der Waals surface area contributed by atoms with Crippen LogP contribution in [0.3, 0.4) is 0 Å². The van der Waals surface area contributed by atoms with Crippen LogP contribution in [-0.4, -0.2) is 31.5 Å². The van der Waals surface area contributed by atoms with E-state index in [2.05, 4.69) is 10.3 Å². The molecule has 8 nitrogen and oxygen atoms in total. The molecule has 11 heteroatoms.